The van der Waals surface area contributed by atoms with E-state index in [2.05, 4.69) is 4.98 Å². The van der Waals surface area contributed by atoms with Crippen molar-refractivity contribution in [3.63, 3.8) is 0 Å². The van der Waals surface area contributed by atoms with Crippen molar-refractivity contribution in [2.45, 2.75) is 26.6 Å². The molecule has 0 atom stereocenters. The number of benzene rings is 2. The molecule has 0 saturated carbocycles. The number of alkyl halides is 3. The lowest BCUT2D eigenvalue weighted by atomic mass is 10.0. The molecule has 0 unspecified atom stereocenters. The predicted octanol–water partition coefficient (Wildman–Crippen LogP) is 3.03. The van der Waals surface area contributed by atoms with Crippen molar-refractivity contribution in [2.24, 2.45) is 0 Å². The first-order chi connectivity index (χ1) is 17.5. The van der Waals surface area contributed by atoms with Crippen molar-refractivity contribution in [3.05, 3.63) is 115 Å². The molecule has 2 aromatic carbocycles. The third-order valence-electron chi connectivity index (χ3n) is 5.80. The van der Waals surface area contributed by atoms with Crippen LogP contribution in [0.2, 0.25) is 0 Å². The van der Waals surface area contributed by atoms with E-state index in [1.54, 1.807) is 19.1 Å². The molecule has 0 aliphatic heterocycles. The highest BCUT2D eigenvalue weighted by molar-refractivity contribution is 5.88. The van der Waals surface area contributed by atoms with E-state index >= 15 is 0 Å². The number of ether oxygens (including phenoxy) is 1. The largest absolute Gasteiger partial charge is 0.462 e. The van der Waals surface area contributed by atoms with Crippen LogP contribution in [0.3, 0.4) is 0 Å². The maximum Gasteiger partial charge on any atom is 0.416 e. The number of esters is 1. The van der Waals surface area contributed by atoms with Gasteiger partial charge in [0.25, 0.3) is 5.56 Å². The van der Waals surface area contributed by atoms with E-state index in [0.717, 1.165) is 16.8 Å². The van der Waals surface area contributed by atoms with Crippen molar-refractivity contribution in [2.75, 3.05) is 6.61 Å². The van der Waals surface area contributed by atoms with Gasteiger partial charge < -0.3 is 9.72 Å². The highest BCUT2D eigenvalue weighted by Crippen LogP contribution is 2.33. The lowest BCUT2D eigenvalue weighted by Crippen LogP contribution is -2.42. The fourth-order valence-corrected chi connectivity index (χ4v) is 3.90. The summed E-state index contributed by atoms with van der Waals surface area (Å²) in [5.41, 5.74) is -2.92. The molecule has 37 heavy (non-hydrogen) atoms. The summed E-state index contributed by atoms with van der Waals surface area (Å²) in [6.45, 7) is 2.25. The van der Waals surface area contributed by atoms with Gasteiger partial charge in [0.05, 0.1) is 30.1 Å². The van der Waals surface area contributed by atoms with Gasteiger partial charge in [0.2, 0.25) is 0 Å². The topological polar surface area (TPSA) is 108 Å². The molecule has 2 aromatic heterocycles. The van der Waals surface area contributed by atoms with Gasteiger partial charge in [0.1, 0.15) is 5.56 Å². The van der Waals surface area contributed by atoms with Gasteiger partial charge in [-0.25, -0.2) is 14.4 Å². The maximum atomic E-state index is 13.4. The average molecular weight is 514 g/mol. The third kappa shape index (κ3) is 4.90. The van der Waals surface area contributed by atoms with Gasteiger partial charge in [-0.3, -0.25) is 18.5 Å². The molecule has 0 bridgehead atoms. The van der Waals surface area contributed by atoms with E-state index in [1.165, 1.54) is 48.1 Å². The summed E-state index contributed by atoms with van der Waals surface area (Å²) in [7, 11) is 0. The molecule has 12 heteroatoms. The van der Waals surface area contributed by atoms with Crippen LogP contribution in [0.25, 0.3) is 11.4 Å². The standard InChI is InChI=1S/C25H21F3N4O5/c1-3-37-22(34)19-14-31(18-9-7-17(8-10-18)30-12-11-29-23(30)35)24(36)32(21(19)33)13-16-5-4-6-20(15(16)2)25(26,27)28/h4-12,14H,3,13H2,1-2H3,(H,29,35). The first-order valence-electron chi connectivity index (χ1n) is 11.1. The third-order valence-corrected chi connectivity index (χ3v) is 5.80. The Bertz CT molecular complexity index is 1640. The number of H-pyrrole nitrogens is 1. The summed E-state index contributed by atoms with van der Waals surface area (Å²) in [5, 5.41) is 0. The minimum atomic E-state index is -4.62. The molecule has 0 fully saturated rings. The van der Waals surface area contributed by atoms with Crippen LogP contribution in [0, 0.1) is 6.92 Å². The number of hydrogen-bond acceptors (Lipinski definition) is 5. The first-order valence-corrected chi connectivity index (χ1v) is 11.1. The normalized spacial score (nSPS) is 11.5. The Labute approximate surface area is 207 Å². The molecular weight excluding hydrogens is 493 g/mol. The molecular formula is C25H21F3N4O5. The van der Waals surface area contributed by atoms with Crippen molar-refractivity contribution in [1.82, 2.24) is 18.7 Å². The number of nitrogens with zero attached hydrogens (tertiary/aromatic N) is 3. The van der Waals surface area contributed by atoms with Crippen LogP contribution in [0.4, 0.5) is 13.2 Å². The number of carbonyl (C=O) groups is 1. The monoisotopic (exact) mass is 514 g/mol. The number of rotatable bonds is 6. The summed E-state index contributed by atoms with van der Waals surface area (Å²) in [6, 6.07) is 9.56. The molecule has 0 amide bonds. The lowest BCUT2D eigenvalue weighted by molar-refractivity contribution is -0.138. The molecule has 0 saturated heterocycles. The Morgan fingerprint density at radius 3 is 2.22 bits per heavy atom. The SMILES string of the molecule is CCOC(=O)c1cn(-c2ccc(-n3cc[nH]c3=O)cc2)c(=O)n(Cc2cccc(C(F)(F)F)c2C)c1=O. The Hall–Kier alpha value is -4.61. The van der Waals surface area contributed by atoms with Crippen LogP contribution in [-0.2, 0) is 17.5 Å². The number of hydrogen-bond donors (Lipinski definition) is 1. The van der Waals surface area contributed by atoms with Crippen LogP contribution in [0.15, 0.2) is 75.4 Å². The molecule has 192 valence electrons. The molecule has 0 spiro atoms. The van der Waals surface area contributed by atoms with E-state index in [-0.39, 0.29) is 29.1 Å². The van der Waals surface area contributed by atoms with Crippen molar-refractivity contribution in [3.8, 4) is 11.4 Å². The molecule has 2 heterocycles. The molecule has 4 aromatic rings. The highest BCUT2D eigenvalue weighted by Gasteiger charge is 2.33. The van der Waals surface area contributed by atoms with Gasteiger partial charge in [-0.15, -0.1) is 0 Å². The van der Waals surface area contributed by atoms with E-state index < -0.39 is 41.1 Å². The fourth-order valence-electron chi connectivity index (χ4n) is 3.90. The van der Waals surface area contributed by atoms with Crippen molar-refractivity contribution < 1.29 is 22.7 Å². The molecule has 9 nitrogen and oxygen atoms in total. The van der Waals surface area contributed by atoms with Crippen LogP contribution < -0.4 is 16.9 Å². The van der Waals surface area contributed by atoms with Crippen molar-refractivity contribution >= 4 is 5.97 Å². The fraction of sp³-hybridized carbons (Fsp3) is 0.200. The number of nitrogens with one attached hydrogen (secondary N) is 1. The Kier molecular flexibility index (Phi) is 6.75. The predicted molar refractivity (Wildman–Crippen MR) is 127 cm³/mol. The van der Waals surface area contributed by atoms with Gasteiger partial charge in [0.15, 0.2) is 0 Å². The van der Waals surface area contributed by atoms with Crippen LogP contribution in [0.5, 0.6) is 0 Å². The number of imidazole rings is 1. The molecule has 0 aliphatic carbocycles. The minimum absolute atomic E-state index is 0.0375. The Morgan fingerprint density at radius 1 is 1.00 bits per heavy atom. The summed E-state index contributed by atoms with van der Waals surface area (Å²) in [4.78, 5) is 53.4. The van der Waals surface area contributed by atoms with E-state index in [9.17, 15) is 32.3 Å². The van der Waals surface area contributed by atoms with Crippen LogP contribution in [0.1, 0.15) is 34.0 Å². The van der Waals surface area contributed by atoms with Crippen LogP contribution in [-0.4, -0.2) is 31.3 Å². The zero-order chi connectivity index (χ0) is 26.9. The first kappa shape index (κ1) is 25.5. The summed E-state index contributed by atoms with van der Waals surface area (Å²) < 4.78 is 48.2. The van der Waals surface area contributed by atoms with Gasteiger partial charge in [-0.2, -0.15) is 13.2 Å². The molecule has 1 N–H and O–H groups in total. The summed E-state index contributed by atoms with van der Waals surface area (Å²) in [5.74, 6) is -0.980. The summed E-state index contributed by atoms with van der Waals surface area (Å²) in [6.07, 6.45) is -0.616. The minimum Gasteiger partial charge on any atom is -0.462 e. The van der Waals surface area contributed by atoms with Crippen molar-refractivity contribution in [1.29, 1.82) is 0 Å². The number of aromatic nitrogens is 4. The van der Waals surface area contributed by atoms with Gasteiger partial charge in [0, 0.05) is 18.6 Å². The van der Waals surface area contributed by atoms with Gasteiger partial charge in [-0.05, 0) is 55.3 Å². The molecule has 0 aliphatic rings. The smallest absolute Gasteiger partial charge is 0.416 e. The second kappa shape index (κ2) is 9.80. The lowest BCUT2D eigenvalue weighted by Gasteiger charge is -2.16. The zero-order valence-electron chi connectivity index (χ0n) is 19.7. The number of carbonyl (C=O) groups excluding carboxylic acids is 1. The maximum absolute atomic E-state index is 13.4. The summed E-state index contributed by atoms with van der Waals surface area (Å²) >= 11 is 0. The Balaban J connectivity index is 1.87. The van der Waals surface area contributed by atoms with E-state index in [1.807, 2.05) is 0 Å². The number of aromatic amines is 1. The number of halogens is 3. The highest BCUT2D eigenvalue weighted by atomic mass is 19.4. The Morgan fingerprint density at radius 2 is 1.65 bits per heavy atom. The van der Waals surface area contributed by atoms with Gasteiger partial charge >= 0.3 is 23.5 Å². The van der Waals surface area contributed by atoms with E-state index in [0.29, 0.717) is 10.3 Å². The molecule has 0 radical (unpaired) electrons. The second-order valence-electron chi connectivity index (χ2n) is 8.05. The quantitative estimate of drug-likeness (QED) is 0.398. The van der Waals surface area contributed by atoms with E-state index in [4.69, 9.17) is 4.74 Å². The molecule has 4 rings (SSSR count). The second-order valence-corrected chi connectivity index (χ2v) is 8.05. The zero-order valence-corrected chi connectivity index (χ0v) is 19.7. The average Bonchev–Trinajstić information content (AvgIpc) is 3.28. The van der Waals surface area contributed by atoms with Crippen LogP contribution >= 0.6 is 0 Å². The van der Waals surface area contributed by atoms with Gasteiger partial charge in [-0.1, -0.05) is 12.1 Å².